The molecule has 1 unspecified atom stereocenters. The summed E-state index contributed by atoms with van der Waals surface area (Å²) in [5.74, 6) is -1.05. The molecule has 1 N–H and O–H groups in total. The zero-order valence-corrected chi connectivity index (χ0v) is 13.7. The van der Waals surface area contributed by atoms with Gasteiger partial charge in [-0.15, -0.1) is 0 Å². The molecule has 0 amide bonds. The Hall–Kier alpha value is -0.660. The summed E-state index contributed by atoms with van der Waals surface area (Å²) in [4.78, 5) is 11.6. The Morgan fingerprint density at radius 2 is 1.81 bits per heavy atom. The molecular weight excluding hydrogens is 292 g/mol. The van der Waals surface area contributed by atoms with Crippen LogP contribution in [0.15, 0.2) is 0 Å². The van der Waals surface area contributed by atoms with E-state index < -0.39 is 21.7 Å². The fourth-order valence-corrected chi connectivity index (χ4v) is 5.41. The number of carboxylic acids is 1. The quantitative estimate of drug-likeness (QED) is 0.857. The first-order chi connectivity index (χ1) is 9.80. The Balaban J connectivity index is 2.25. The molecule has 6 nitrogen and oxygen atoms in total. The number of nitrogens with zero attached hydrogens (tertiary/aromatic N) is 2. The van der Waals surface area contributed by atoms with E-state index in [9.17, 15) is 18.3 Å². The second kappa shape index (κ2) is 6.22. The van der Waals surface area contributed by atoms with Gasteiger partial charge in [-0.05, 0) is 39.0 Å². The van der Waals surface area contributed by atoms with Gasteiger partial charge in [0, 0.05) is 19.6 Å². The van der Waals surface area contributed by atoms with E-state index >= 15 is 0 Å². The van der Waals surface area contributed by atoms with E-state index in [4.69, 9.17) is 0 Å². The highest BCUT2D eigenvalue weighted by molar-refractivity contribution is 7.86. The van der Waals surface area contributed by atoms with E-state index in [1.54, 1.807) is 7.05 Å². The van der Waals surface area contributed by atoms with Crippen LogP contribution in [0.25, 0.3) is 0 Å². The third-order valence-corrected chi connectivity index (χ3v) is 7.19. The molecule has 1 heterocycles. The van der Waals surface area contributed by atoms with Gasteiger partial charge in [-0.1, -0.05) is 19.3 Å². The van der Waals surface area contributed by atoms with Crippen molar-refractivity contribution in [3.8, 4) is 0 Å². The van der Waals surface area contributed by atoms with Crippen molar-refractivity contribution in [3.05, 3.63) is 0 Å². The maximum absolute atomic E-state index is 12.9. The summed E-state index contributed by atoms with van der Waals surface area (Å²) in [6.07, 6.45) is 6.83. The van der Waals surface area contributed by atoms with Gasteiger partial charge in [0.2, 0.25) is 0 Å². The molecule has 122 valence electrons. The van der Waals surface area contributed by atoms with Crippen LogP contribution in [0.1, 0.15) is 58.3 Å². The van der Waals surface area contributed by atoms with Crippen molar-refractivity contribution >= 4 is 16.2 Å². The molecule has 0 bridgehead atoms. The molecule has 21 heavy (non-hydrogen) atoms. The van der Waals surface area contributed by atoms with Gasteiger partial charge < -0.3 is 5.11 Å². The Bertz CT molecular complexity index is 487. The number of hydrogen-bond donors (Lipinski definition) is 1. The average Bonchev–Trinajstić information content (AvgIpc) is 2.47. The van der Waals surface area contributed by atoms with Crippen LogP contribution in [0.4, 0.5) is 0 Å². The highest BCUT2D eigenvalue weighted by atomic mass is 32.2. The van der Waals surface area contributed by atoms with Crippen molar-refractivity contribution in [3.63, 3.8) is 0 Å². The van der Waals surface area contributed by atoms with Crippen LogP contribution in [0.2, 0.25) is 0 Å². The van der Waals surface area contributed by atoms with E-state index in [0.29, 0.717) is 13.0 Å². The first kappa shape index (κ1) is 16.7. The molecule has 0 aromatic carbocycles. The first-order valence-electron chi connectivity index (χ1n) is 7.79. The zero-order chi connectivity index (χ0) is 15.7. The summed E-state index contributed by atoms with van der Waals surface area (Å²) in [7, 11) is -2.13. The third kappa shape index (κ3) is 3.10. The van der Waals surface area contributed by atoms with Crippen LogP contribution < -0.4 is 0 Å². The average molecular weight is 318 g/mol. The molecule has 1 saturated carbocycles. The lowest BCUT2D eigenvalue weighted by Crippen LogP contribution is -2.61. The van der Waals surface area contributed by atoms with E-state index in [2.05, 4.69) is 0 Å². The van der Waals surface area contributed by atoms with Crippen LogP contribution in [0.5, 0.6) is 0 Å². The molecule has 0 aromatic rings. The van der Waals surface area contributed by atoms with Crippen LogP contribution in [-0.2, 0) is 15.0 Å². The molecule has 1 aliphatic heterocycles. The van der Waals surface area contributed by atoms with Gasteiger partial charge in [0.15, 0.2) is 0 Å². The smallest absolute Gasteiger partial charge is 0.324 e. The van der Waals surface area contributed by atoms with E-state index in [1.165, 1.54) is 15.5 Å². The molecule has 7 heteroatoms. The van der Waals surface area contributed by atoms with Gasteiger partial charge in [0.05, 0.1) is 0 Å². The van der Waals surface area contributed by atoms with E-state index in [-0.39, 0.29) is 6.04 Å². The van der Waals surface area contributed by atoms with E-state index in [0.717, 1.165) is 44.9 Å². The van der Waals surface area contributed by atoms with Gasteiger partial charge in [-0.25, -0.2) is 0 Å². The minimum atomic E-state index is -3.73. The zero-order valence-electron chi connectivity index (χ0n) is 12.9. The highest BCUT2D eigenvalue weighted by Gasteiger charge is 2.49. The second-order valence-corrected chi connectivity index (χ2v) is 8.34. The molecule has 2 aliphatic rings. The highest BCUT2D eigenvalue weighted by Crippen LogP contribution is 2.34. The largest absolute Gasteiger partial charge is 0.480 e. The number of hydrogen-bond acceptors (Lipinski definition) is 3. The number of piperidine rings is 1. The van der Waals surface area contributed by atoms with Crippen molar-refractivity contribution in [1.82, 2.24) is 8.61 Å². The van der Waals surface area contributed by atoms with Crippen molar-refractivity contribution in [2.24, 2.45) is 0 Å². The van der Waals surface area contributed by atoms with Crippen molar-refractivity contribution < 1.29 is 18.3 Å². The standard InChI is InChI=1S/C14H26N2O4S/c1-14(13(17)18)10-6-7-11-16(14)21(19,20)15(2)12-8-4-3-5-9-12/h12H,3-11H2,1-2H3,(H,17,18). The molecule has 0 spiro atoms. The summed E-state index contributed by atoms with van der Waals surface area (Å²) in [5.41, 5.74) is -1.32. The molecule has 1 aliphatic carbocycles. The Morgan fingerprint density at radius 3 is 2.38 bits per heavy atom. The molecule has 2 rings (SSSR count). The number of rotatable bonds is 4. The Kier molecular flexibility index (Phi) is 4.95. The molecular formula is C14H26N2O4S. The minimum Gasteiger partial charge on any atom is -0.480 e. The summed E-state index contributed by atoms with van der Waals surface area (Å²) in [5, 5.41) is 9.50. The first-order valence-corrected chi connectivity index (χ1v) is 9.19. The maximum Gasteiger partial charge on any atom is 0.324 e. The molecule has 0 radical (unpaired) electrons. The summed E-state index contributed by atoms with van der Waals surface area (Å²) in [6, 6.07) is 0.00345. The van der Waals surface area contributed by atoms with Crippen LogP contribution in [0.3, 0.4) is 0 Å². The van der Waals surface area contributed by atoms with Gasteiger partial charge in [0.1, 0.15) is 5.54 Å². The SMILES string of the molecule is CN(C1CCCCC1)S(=O)(=O)N1CCCCC1(C)C(=O)O. The van der Waals surface area contributed by atoms with Gasteiger partial charge >= 0.3 is 5.97 Å². The molecule has 1 saturated heterocycles. The Morgan fingerprint density at radius 1 is 1.19 bits per heavy atom. The van der Waals surface area contributed by atoms with Crippen molar-refractivity contribution in [2.75, 3.05) is 13.6 Å². The van der Waals surface area contributed by atoms with Crippen LogP contribution in [-0.4, -0.2) is 53.3 Å². The molecule has 1 atom stereocenters. The maximum atomic E-state index is 12.9. The van der Waals surface area contributed by atoms with Crippen LogP contribution >= 0.6 is 0 Å². The number of aliphatic carboxylic acids is 1. The second-order valence-electron chi connectivity index (χ2n) is 6.42. The lowest BCUT2D eigenvalue weighted by molar-refractivity contribution is -0.149. The molecule has 0 aromatic heterocycles. The Labute approximate surface area is 127 Å². The van der Waals surface area contributed by atoms with Gasteiger partial charge in [-0.2, -0.15) is 17.0 Å². The lowest BCUT2D eigenvalue weighted by atomic mass is 9.91. The lowest BCUT2D eigenvalue weighted by Gasteiger charge is -2.43. The summed E-state index contributed by atoms with van der Waals surface area (Å²) < 4.78 is 28.4. The van der Waals surface area contributed by atoms with Gasteiger partial charge in [-0.3, -0.25) is 4.79 Å². The van der Waals surface area contributed by atoms with E-state index in [1.807, 2.05) is 0 Å². The fraction of sp³-hybridized carbons (Fsp3) is 0.929. The molecule has 2 fully saturated rings. The number of carboxylic acid groups (broad SMARTS) is 1. The minimum absolute atomic E-state index is 0.00345. The normalized spacial score (nSPS) is 29.7. The summed E-state index contributed by atoms with van der Waals surface area (Å²) in [6.45, 7) is 1.82. The fourth-order valence-electron chi connectivity index (χ4n) is 3.47. The van der Waals surface area contributed by atoms with Crippen molar-refractivity contribution in [1.29, 1.82) is 0 Å². The number of carbonyl (C=O) groups is 1. The van der Waals surface area contributed by atoms with Gasteiger partial charge in [0.25, 0.3) is 10.2 Å². The topological polar surface area (TPSA) is 77.9 Å². The predicted molar refractivity (Wildman–Crippen MR) is 80.2 cm³/mol. The third-order valence-electron chi connectivity index (χ3n) is 5.02. The predicted octanol–water partition coefficient (Wildman–Crippen LogP) is 1.82. The summed E-state index contributed by atoms with van der Waals surface area (Å²) >= 11 is 0. The van der Waals surface area contributed by atoms with Crippen molar-refractivity contribution in [2.45, 2.75) is 69.9 Å². The van der Waals surface area contributed by atoms with Crippen LogP contribution in [0, 0.1) is 0 Å². The monoisotopic (exact) mass is 318 g/mol.